The predicted octanol–water partition coefficient (Wildman–Crippen LogP) is 17.5. The van der Waals surface area contributed by atoms with E-state index < -0.39 is 35.6 Å². The molecule has 7 aromatic carbocycles. The second-order valence-electron chi connectivity index (χ2n) is 22.0. The minimum Gasteiger partial charge on any atom is -0.509 e. The van der Waals surface area contributed by atoms with E-state index in [1.54, 1.807) is 22.9 Å². The first kappa shape index (κ1) is 36.5. The number of para-hydroxylation sites is 3. The van der Waals surface area contributed by atoms with Gasteiger partial charge in [-0.25, -0.2) is 4.98 Å². The molecule has 1 aliphatic heterocycles. The van der Waals surface area contributed by atoms with Gasteiger partial charge in [-0.15, -0.1) is 48.1 Å². The number of pyridine rings is 1. The summed E-state index contributed by atoms with van der Waals surface area (Å²) in [4.78, 5) is 8.62. The van der Waals surface area contributed by atoms with Gasteiger partial charge in [0, 0.05) is 73.8 Å². The quantitative estimate of drug-likeness (QED) is 0.149. The molecular formula is C64H63N4OPt-3. The van der Waals surface area contributed by atoms with E-state index in [0.29, 0.717) is 22.8 Å². The minimum absolute atomic E-state index is 0. The van der Waals surface area contributed by atoms with Crippen LogP contribution in [0, 0.1) is 18.8 Å². The zero-order valence-corrected chi connectivity index (χ0v) is 44.0. The summed E-state index contributed by atoms with van der Waals surface area (Å²) >= 11 is 0. The Kier molecular flexibility index (Phi) is 9.43. The maximum atomic E-state index is 9.44. The SMILES string of the molecule is [2H]c1c([2H])c([2H])c(-c2cc(C(C)(C)C)cc(-c3cc(C(C)(C)C)cc(C(C)(C)C)c3)c2N2[CH-]N(c3[c-]c(Oc4[c-]c5c(c([2H])c4[2H])c4c([2H])c([2H])c([2H])c([2H])c4n5-c4cc(C(C)(C)C)ccn4)ccc3)c3ccccc32)c([2H])c1[2H].[Pt]. The summed E-state index contributed by atoms with van der Waals surface area (Å²) in [5.74, 6) is 0.359. The van der Waals surface area contributed by atoms with Crippen LogP contribution in [0.25, 0.3) is 49.9 Å². The molecule has 0 fully saturated rings. The van der Waals surface area contributed by atoms with E-state index >= 15 is 0 Å². The van der Waals surface area contributed by atoms with E-state index in [1.807, 2.05) is 65.0 Å². The van der Waals surface area contributed by atoms with E-state index in [-0.39, 0.29) is 112 Å². The fourth-order valence-corrected chi connectivity index (χ4v) is 8.78. The number of ether oxygens (including phenoxy) is 1. The van der Waals surface area contributed by atoms with Crippen molar-refractivity contribution < 1.29 is 40.9 Å². The van der Waals surface area contributed by atoms with E-state index in [4.69, 9.17) is 14.3 Å². The van der Waals surface area contributed by atoms with Crippen LogP contribution in [-0.2, 0) is 42.7 Å². The van der Waals surface area contributed by atoms with Crippen LogP contribution in [0.5, 0.6) is 11.5 Å². The van der Waals surface area contributed by atoms with Gasteiger partial charge in [0.25, 0.3) is 0 Å². The molecule has 6 heteroatoms. The van der Waals surface area contributed by atoms with Gasteiger partial charge in [0.05, 0.1) is 12.3 Å². The molecule has 0 saturated carbocycles. The van der Waals surface area contributed by atoms with Crippen LogP contribution < -0.4 is 14.5 Å². The van der Waals surface area contributed by atoms with E-state index in [9.17, 15) is 5.48 Å². The number of fused-ring (bicyclic) bond motifs is 4. The Balaban J connectivity index is 0.00000792. The smallest absolute Gasteiger partial charge is 0.135 e. The van der Waals surface area contributed by atoms with Gasteiger partial charge in [0.2, 0.25) is 0 Å². The summed E-state index contributed by atoms with van der Waals surface area (Å²) in [6.45, 7) is 27.5. The maximum absolute atomic E-state index is 9.44. The van der Waals surface area contributed by atoms with Crippen molar-refractivity contribution in [3.63, 3.8) is 0 Å². The van der Waals surface area contributed by atoms with E-state index in [1.165, 1.54) is 0 Å². The van der Waals surface area contributed by atoms with Gasteiger partial charge in [0.1, 0.15) is 5.82 Å². The van der Waals surface area contributed by atoms with Gasteiger partial charge in [0.15, 0.2) is 0 Å². The first-order chi connectivity index (χ1) is 37.3. The van der Waals surface area contributed by atoms with Crippen LogP contribution >= 0.6 is 0 Å². The Morgan fingerprint density at radius 1 is 0.529 bits per heavy atom. The van der Waals surface area contributed by atoms with E-state index in [2.05, 4.69) is 124 Å². The van der Waals surface area contributed by atoms with E-state index in [0.717, 1.165) is 44.8 Å². The number of hydrogen-bond acceptors (Lipinski definition) is 4. The first-order valence-electron chi connectivity index (χ1n) is 28.9. The molecule has 3 heterocycles. The number of anilines is 4. The normalized spacial score (nSPS) is 15.4. The monoisotopic (exact) mass is 1110 g/mol. The van der Waals surface area contributed by atoms with Gasteiger partial charge >= 0.3 is 0 Å². The molecule has 5 nitrogen and oxygen atoms in total. The molecule has 0 saturated heterocycles. The third-order valence-corrected chi connectivity index (χ3v) is 12.8. The van der Waals surface area contributed by atoms with Crippen molar-refractivity contribution in [2.24, 2.45) is 0 Å². The molecular weight excluding hydrogens is 1040 g/mol. The molecule has 0 bridgehead atoms. The Labute approximate surface area is 445 Å². The van der Waals surface area contributed by atoms with Gasteiger partial charge < -0.3 is 19.1 Å². The van der Waals surface area contributed by atoms with Gasteiger partial charge in [-0.05, 0) is 104 Å². The molecule has 1 aliphatic rings. The Morgan fingerprint density at radius 3 is 1.79 bits per heavy atom. The Bertz CT molecular complexity index is 3990. The number of aromatic nitrogens is 2. The van der Waals surface area contributed by atoms with Gasteiger partial charge in [-0.1, -0.05) is 167 Å². The average molecular weight is 1110 g/mol. The molecule has 2 aromatic heterocycles. The second kappa shape index (κ2) is 18.1. The molecule has 10 rings (SSSR count). The van der Waals surface area contributed by atoms with Crippen LogP contribution in [0.3, 0.4) is 0 Å². The zero-order chi connectivity index (χ0) is 58.2. The third-order valence-electron chi connectivity index (χ3n) is 12.8. The van der Waals surface area contributed by atoms with Crippen molar-refractivity contribution in [3.8, 4) is 39.6 Å². The number of rotatable bonds is 7. The molecule has 0 aliphatic carbocycles. The minimum atomic E-state index is -0.485. The summed E-state index contributed by atoms with van der Waals surface area (Å²) in [5, 5.41) is 0.171. The standard InChI is InChI=1S/C64H63N4O.Pt/c1-61(2,3)44-31-32-65-59(38-44)68-55-26-17-16-25-51(55)52-30-29-50(40-58(52)68)69-49-24-20-23-48(39-49)66-41-67(57-28-19-18-27-56(57)66)60-53(42-21-14-13-15-22-42)36-47(64(10,11)12)37-54(60)43-33-45(62(4,5)6)35-46(34-43)63(7,8)9;/h13-38,41H,1-12H3;/q-3;/i13D,14D,15D,16D,17D,21D,22D,25D,26D,29D,30D;. The zero-order valence-electron chi connectivity index (χ0n) is 52.8. The number of benzene rings is 7. The molecule has 0 atom stereocenters. The van der Waals surface area contributed by atoms with Crippen LogP contribution in [0.2, 0.25) is 0 Å². The summed E-state index contributed by atoms with van der Waals surface area (Å²) < 4.78 is 108. The summed E-state index contributed by atoms with van der Waals surface area (Å²) in [7, 11) is 0. The molecule has 0 unspecified atom stereocenters. The summed E-state index contributed by atoms with van der Waals surface area (Å²) in [6.07, 6.45) is 1.64. The molecule has 0 radical (unpaired) electrons. The molecule has 0 amide bonds. The largest absolute Gasteiger partial charge is 0.509 e. The molecule has 70 heavy (non-hydrogen) atoms. The van der Waals surface area contributed by atoms with Crippen molar-refractivity contribution in [1.29, 1.82) is 0 Å². The number of hydrogen-bond donors (Lipinski definition) is 0. The second-order valence-corrected chi connectivity index (χ2v) is 22.0. The Hall–Kier alpha value is -6.42. The Morgan fingerprint density at radius 2 is 1.13 bits per heavy atom. The average Bonchev–Trinajstić information content (AvgIpc) is 3.95. The van der Waals surface area contributed by atoms with Crippen LogP contribution in [-0.4, -0.2) is 9.55 Å². The van der Waals surface area contributed by atoms with Gasteiger partial charge in [-0.2, -0.15) is 12.1 Å². The van der Waals surface area contributed by atoms with Crippen molar-refractivity contribution in [3.05, 3.63) is 199 Å². The molecule has 358 valence electrons. The molecule has 9 aromatic rings. The first-order valence-corrected chi connectivity index (χ1v) is 23.4. The van der Waals surface area contributed by atoms with Crippen molar-refractivity contribution in [2.45, 2.75) is 105 Å². The van der Waals surface area contributed by atoms with Crippen molar-refractivity contribution >= 4 is 44.6 Å². The van der Waals surface area contributed by atoms with Crippen LogP contribution in [0.4, 0.5) is 22.7 Å². The van der Waals surface area contributed by atoms with Crippen molar-refractivity contribution in [1.82, 2.24) is 9.55 Å². The summed E-state index contributed by atoms with van der Waals surface area (Å²) in [6, 6.07) is 29.9. The topological polar surface area (TPSA) is 33.5 Å². The molecule has 0 spiro atoms. The maximum Gasteiger partial charge on any atom is 0.135 e. The number of nitrogens with zero attached hydrogens (tertiary/aromatic N) is 4. The van der Waals surface area contributed by atoms with Crippen LogP contribution in [0.1, 0.15) is 120 Å². The van der Waals surface area contributed by atoms with Crippen LogP contribution in [0.15, 0.2) is 158 Å². The fraction of sp³-hybridized carbons (Fsp3) is 0.250. The van der Waals surface area contributed by atoms with Crippen molar-refractivity contribution in [2.75, 3.05) is 9.80 Å². The molecule has 0 N–H and O–H groups in total. The third kappa shape index (κ3) is 9.22. The summed E-state index contributed by atoms with van der Waals surface area (Å²) in [5.41, 5.74) is 7.80. The van der Waals surface area contributed by atoms with Gasteiger partial charge in [-0.3, -0.25) is 0 Å². The fourth-order valence-electron chi connectivity index (χ4n) is 8.78. The predicted molar refractivity (Wildman–Crippen MR) is 290 cm³/mol.